The highest BCUT2D eigenvalue weighted by Gasteiger charge is 2.24. The van der Waals surface area contributed by atoms with E-state index in [0.717, 1.165) is 11.3 Å². The molecule has 1 atom stereocenters. The number of rotatable bonds is 7. The van der Waals surface area contributed by atoms with E-state index < -0.39 is 12.1 Å². The number of carbonyl (C=O) groups excluding carboxylic acids is 1. The molecule has 0 radical (unpaired) electrons. The Morgan fingerprint density at radius 2 is 1.85 bits per heavy atom. The molecule has 0 spiro atoms. The molecule has 0 amide bonds. The zero-order valence-electron chi connectivity index (χ0n) is 15.3. The Hall–Kier alpha value is -3.12. The van der Waals surface area contributed by atoms with Crippen LogP contribution in [0, 0.1) is 0 Å². The smallest absolute Gasteiger partial charge is 0.359 e. The van der Waals surface area contributed by atoms with Gasteiger partial charge in [0.05, 0.1) is 20.3 Å². The maximum absolute atomic E-state index is 12.3. The van der Waals surface area contributed by atoms with Crippen molar-refractivity contribution in [1.29, 1.82) is 0 Å². The van der Waals surface area contributed by atoms with Crippen LogP contribution in [0.4, 0.5) is 0 Å². The first kappa shape index (κ1) is 18.7. The Kier molecular flexibility index (Phi) is 5.88. The molecule has 27 heavy (non-hydrogen) atoms. The van der Waals surface area contributed by atoms with Gasteiger partial charge in [0.1, 0.15) is 11.9 Å². The Morgan fingerprint density at radius 3 is 2.48 bits per heavy atom. The summed E-state index contributed by atoms with van der Waals surface area (Å²) in [6, 6.07) is 16.7. The van der Waals surface area contributed by atoms with E-state index in [9.17, 15) is 9.90 Å². The van der Waals surface area contributed by atoms with Crippen molar-refractivity contribution < 1.29 is 19.4 Å². The van der Waals surface area contributed by atoms with Crippen LogP contribution in [-0.4, -0.2) is 34.6 Å². The summed E-state index contributed by atoms with van der Waals surface area (Å²) in [5.74, 6) is 0.225. The minimum absolute atomic E-state index is 0.127. The lowest BCUT2D eigenvalue weighted by Crippen LogP contribution is -2.11. The highest BCUT2D eigenvalue weighted by molar-refractivity contribution is 5.89. The Balaban J connectivity index is 1.92. The predicted octanol–water partition coefficient (Wildman–Crippen LogP) is 3.20. The molecular weight excluding hydrogens is 344 g/mol. The number of hydrogen-bond donors (Lipinski definition) is 1. The second kappa shape index (κ2) is 8.51. The Morgan fingerprint density at radius 1 is 1.15 bits per heavy atom. The van der Waals surface area contributed by atoms with Crippen LogP contribution in [0.2, 0.25) is 0 Å². The summed E-state index contributed by atoms with van der Waals surface area (Å²) < 4.78 is 11.9. The number of methoxy groups -OCH3 is 1. The summed E-state index contributed by atoms with van der Waals surface area (Å²) in [6.07, 6.45) is 0.726. The van der Waals surface area contributed by atoms with Gasteiger partial charge in [0.2, 0.25) is 0 Å². The third kappa shape index (κ3) is 4.35. The van der Waals surface area contributed by atoms with Crippen molar-refractivity contribution in [2.24, 2.45) is 0 Å². The molecule has 3 rings (SSSR count). The third-order valence-corrected chi connectivity index (χ3v) is 4.17. The maximum atomic E-state index is 12.3. The van der Waals surface area contributed by atoms with Crippen molar-refractivity contribution in [2.45, 2.75) is 19.6 Å². The van der Waals surface area contributed by atoms with Gasteiger partial charge in [-0.25, -0.2) is 4.79 Å². The molecule has 3 aromatic rings. The fourth-order valence-corrected chi connectivity index (χ4v) is 2.81. The van der Waals surface area contributed by atoms with Crippen molar-refractivity contribution >= 4 is 5.97 Å². The van der Waals surface area contributed by atoms with Crippen LogP contribution >= 0.6 is 0 Å². The highest BCUT2D eigenvalue weighted by atomic mass is 16.5. The van der Waals surface area contributed by atoms with E-state index >= 15 is 0 Å². The van der Waals surface area contributed by atoms with Gasteiger partial charge in [-0.2, -0.15) is 5.10 Å². The van der Waals surface area contributed by atoms with Crippen LogP contribution < -0.4 is 4.74 Å². The quantitative estimate of drug-likeness (QED) is 0.650. The van der Waals surface area contributed by atoms with Gasteiger partial charge in [-0.1, -0.05) is 42.5 Å². The number of ether oxygens (including phenoxy) is 2. The molecule has 140 valence electrons. The molecule has 0 aliphatic carbocycles. The normalized spacial score (nSPS) is 11.8. The van der Waals surface area contributed by atoms with Crippen LogP contribution in [-0.2, 0) is 11.3 Å². The summed E-state index contributed by atoms with van der Waals surface area (Å²) in [6.45, 7) is 2.43. The number of aromatic nitrogens is 2. The lowest BCUT2D eigenvalue weighted by molar-refractivity contribution is 0.0513. The van der Waals surface area contributed by atoms with E-state index in [-0.39, 0.29) is 12.3 Å². The fraction of sp³-hybridized carbons (Fsp3) is 0.238. The van der Waals surface area contributed by atoms with Gasteiger partial charge in [0, 0.05) is 11.8 Å². The number of benzene rings is 2. The molecule has 0 saturated heterocycles. The summed E-state index contributed by atoms with van der Waals surface area (Å²) in [7, 11) is 1.62. The van der Waals surface area contributed by atoms with E-state index in [0.29, 0.717) is 17.7 Å². The molecule has 0 saturated carbocycles. The molecule has 2 aromatic carbocycles. The number of nitrogens with zero attached hydrogens (tertiary/aromatic N) is 2. The van der Waals surface area contributed by atoms with Gasteiger partial charge < -0.3 is 14.6 Å². The van der Waals surface area contributed by atoms with Gasteiger partial charge in [-0.15, -0.1) is 0 Å². The third-order valence-electron chi connectivity index (χ3n) is 4.17. The topological polar surface area (TPSA) is 73.6 Å². The molecule has 0 fully saturated rings. The lowest BCUT2D eigenvalue weighted by Gasteiger charge is -2.10. The van der Waals surface area contributed by atoms with Crippen molar-refractivity contribution in [3.8, 4) is 5.75 Å². The summed E-state index contributed by atoms with van der Waals surface area (Å²) in [5, 5.41) is 15.1. The second-order valence-corrected chi connectivity index (χ2v) is 6.01. The van der Waals surface area contributed by atoms with Crippen molar-refractivity contribution in [3.05, 3.63) is 83.2 Å². The molecule has 6 heteroatoms. The standard InChI is InChI=1S/C21H22N2O4/c1-3-27-21(25)19-18(20(24)16-7-5-4-6-8-16)14-23(22-19)13-15-9-11-17(26-2)12-10-15/h4-12,14,20,24H,3,13H2,1-2H3. The predicted molar refractivity (Wildman–Crippen MR) is 101 cm³/mol. The van der Waals surface area contributed by atoms with E-state index in [1.54, 1.807) is 37.0 Å². The second-order valence-electron chi connectivity index (χ2n) is 6.01. The van der Waals surface area contributed by atoms with Gasteiger partial charge in [-0.3, -0.25) is 4.68 Å². The van der Waals surface area contributed by atoms with Crippen molar-refractivity contribution in [1.82, 2.24) is 9.78 Å². The van der Waals surface area contributed by atoms with Gasteiger partial charge in [0.15, 0.2) is 5.69 Å². The van der Waals surface area contributed by atoms with Gasteiger partial charge in [-0.05, 0) is 30.2 Å². The minimum atomic E-state index is -0.963. The molecule has 1 N–H and O–H groups in total. The Bertz CT molecular complexity index is 888. The SMILES string of the molecule is CCOC(=O)c1nn(Cc2ccc(OC)cc2)cc1C(O)c1ccccc1. The molecule has 1 heterocycles. The Labute approximate surface area is 158 Å². The maximum Gasteiger partial charge on any atom is 0.359 e. The van der Waals surface area contributed by atoms with E-state index in [1.807, 2.05) is 42.5 Å². The first-order chi connectivity index (χ1) is 13.1. The number of esters is 1. The van der Waals surface area contributed by atoms with Gasteiger partial charge in [0.25, 0.3) is 0 Å². The van der Waals surface area contributed by atoms with Crippen LogP contribution in [0.25, 0.3) is 0 Å². The molecule has 1 aromatic heterocycles. The molecule has 1 unspecified atom stereocenters. The van der Waals surface area contributed by atoms with E-state index in [1.165, 1.54) is 0 Å². The molecule has 6 nitrogen and oxygen atoms in total. The molecule has 0 aliphatic heterocycles. The first-order valence-corrected chi connectivity index (χ1v) is 8.72. The molecular formula is C21H22N2O4. The molecule has 0 bridgehead atoms. The van der Waals surface area contributed by atoms with Gasteiger partial charge >= 0.3 is 5.97 Å². The van der Waals surface area contributed by atoms with E-state index in [4.69, 9.17) is 9.47 Å². The fourth-order valence-electron chi connectivity index (χ4n) is 2.81. The number of carbonyl (C=O) groups is 1. The number of hydrogen-bond acceptors (Lipinski definition) is 5. The highest BCUT2D eigenvalue weighted by Crippen LogP contribution is 2.25. The largest absolute Gasteiger partial charge is 0.497 e. The van der Waals surface area contributed by atoms with Crippen molar-refractivity contribution in [2.75, 3.05) is 13.7 Å². The van der Waals surface area contributed by atoms with E-state index in [2.05, 4.69) is 5.10 Å². The lowest BCUT2D eigenvalue weighted by atomic mass is 10.0. The zero-order chi connectivity index (χ0) is 19.2. The summed E-state index contributed by atoms with van der Waals surface area (Å²) >= 11 is 0. The van der Waals surface area contributed by atoms with Crippen molar-refractivity contribution in [3.63, 3.8) is 0 Å². The van der Waals surface area contributed by atoms with Crippen LogP contribution in [0.5, 0.6) is 5.75 Å². The van der Waals surface area contributed by atoms with Crippen LogP contribution in [0.3, 0.4) is 0 Å². The number of aliphatic hydroxyl groups is 1. The van der Waals surface area contributed by atoms with Crippen LogP contribution in [0.1, 0.15) is 40.2 Å². The zero-order valence-corrected chi connectivity index (χ0v) is 15.3. The average molecular weight is 366 g/mol. The average Bonchev–Trinajstić information content (AvgIpc) is 3.13. The number of aliphatic hydroxyl groups excluding tert-OH is 1. The first-order valence-electron chi connectivity index (χ1n) is 8.72. The van der Waals surface area contributed by atoms with Crippen LogP contribution in [0.15, 0.2) is 60.8 Å². The molecule has 0 aliphatic rings. The summed E-state index contributed by atoms with van der Waals surface area (Å²) in [5.41, 5.74) is 2.23. The minimum Gasteiger partial charge on any atom is -0.497 e. The monoisotopic (exact) mass is 366 g/mol. The summed E-state index contributed by atoms with van der Waals surface area (Å²) in [4.78, 5) is 12.3.